The Morgan fingerprint density at radius 1 is 1.70 bits per heavy atom. The summed E-state index contributed by atoms with van der Waals surface area (Å²) in [4.78, 5) is 0. The van der Waals surface area contributed by atoms with Crippen molar-refractivity contribution in [3.05, 3.63) is 24.0 Å². The van der Waals surface area contributed by atoms with Crippen LogP contribution >= 0.6 is 0 Å². The summed E-state index contributed by atoms with van der Waals surface area (Å²) in [5, 5.41) is 9.01. The predicted octanol–water partition coefficient (Wildman–Crippen LogP) is 2.80. The summed E-state index contributed by atoms with van der Waals surface area (Å²) in [6.45, 7) is 4.37. The second-order valence-corrected chi connectivity index (χ2v) is 3.17. The van der Waals surface area contributed by atoms with Crippen molar-refractivity contribution in [1.82, 2.24) is 0 Å². The molecule has 1 atom stereocenters. The Bertz CT molecular complexity index is 179. The first kappa shape index (κ1) is 7.39. The van der Waals surface area contributed by atoms with Crippen molar-refractivity contribution in [2.75, 3.05) is 0 Å². The Morgan fingerprint density at radius 3 is 2.80 bits per heavy atom. The van der Waals surface area contributed by atoms with Crippen LogP contribution in [0.1, 0.15) is 26.7 Å². The van der Waals surface area contributed by atoms with Gasteiger partial charge in [-0.3, -0.25) is 0 Å². The Balaban J connectivity index is 2.67. The highest BCUT2D eigenvalue weighted by Crippen LogP contribution is 2.31. The van der Waals surface area contributed by atoms with Gasteiger partial charge in [-0.25, -0.2) is 0 Å². The van der Waals surface area contributed by atoms with Crippen LogP contribution in [0.15, 0.2) is 24.0 Å². The quantitative estimate of drug-likeness (QED) is 0.590. The topological polar surface area (TPSA) is 20.2 Å². The monoisotopic (exact) mass is 138 g/mol. The fourth-order valence-corrected chi connectivity index (χ4v) is 1.02. The summed E-state index contributed by atoms with van der Waals surface area (Å²) >= 11 is 0. The molecule has 1 N–H and O–H groups in total. The Hall–Kier alpha value is -0.720. The molecular weight excluding hydrogens is 124 g/mol. The summed E-state index contributed by atoms with van der Waals surface area (Å²) < 4.78 is 0. The average molecular weight is 138 g/mol. The SMILES string of the molecule is CCC1(C)C=CC(O)=CC1. The van der Waals surface area contributed by atoms with E-state index in [1.165, 1.54) is 0 Å². The third kappa shape index (κ3) is 1.41. The maximum absolute atomic E-state index is 9.01. The lowest BCUT2D eigenvalue weighted by Crippen LogP contribution is -2.12. The molecule has 0 saturated carbocycles. The Labute approximate surface area is 62.1 Å². The number of hydrogen-bond acceptors (Lipinski definition) is 1. The van der Waals surface area contributed by atoms with Gasteiger partial charge in [0.2, 0.25) is 0 Å². The summed E-state index contributed by atoms with van der Waals surface area (Å²) in [5.74, 6) is 0.408. The summed E-state index contributed by atoms with van der Waals surface area (Å²) in [6, 6.07) is 0. The van der Waals surface area contributed by atoms with Gasteiger partial charge < -0.3 is 5.11 Å². The minimum Gasteiger partial charge on any atom is -0.508 e. The maximum atomic E-state index is 9.01. The van der Waals surface area contributed by atoms with E-state index in [1.54, 1.807) is 6.08 Å². The van der Waals surface area contributed by atoms with Crippen molar-refractivity contribution < 1.29 is 5.11 Å². The van der Waals surface area contributed by atoms with Gasteiger partial charge in [0.05, 0.1) is 0 Å². The van der Waals surface area contributed by atoms with Gasteiger partial charge in [0.1, 0.15) is 5.76 Å². The first-order valence-electron chi connectivity index (χ1n) is 3.75. The molecule has 1 heteroatoms. The van der Waals surface area contributed by atoms with Gasteiger partial charge in [-0.1, -0.05) is 19.9 Å². The molecule has 1 rings (SSSR count). The van der Waals surface area contributed by atoms with Gasteiger partial charge in [-0.05, 0) is 30.4 Å². The molecule has 0 aliphatic heterocycles. The van der Waals surface area contributed by atoms with Crippen molar-refractivity contribution in [3.63, 3.8) is 0 Å². The molecule has 1 aliphatic rings. The van der Waals surface area contributed by atoms with Gasteiger partial charge in [-0.15, -0.1) is 0 Å². The molecule has 0 aromatic carbocycles. The number of rotatable bonds is 1. The first-order chi connectivity index (χ1) is 4.66. The number of aliphatic hydroxyl groups excluding tert-OH is 1. The van der Waals surface area contributed by atoms with E-state index in [0.29, 0.717) is 5.76 Å². The van der Waals surface area contributed by atoms with Crippen LogP contribution in [0.3, 0.4) is 0 Å². The third-order valence-corrected chi connectivity index (χ3v) is 2.24. The van der Waals surface area contributed by atoms with Crippen LogP contribution in [0.5, 0.6) is 0 Å². The highest BCUT2D eigenvalue weighted by Gasteiger charge is 2.19. The van der Waals surface area contributed by atoms with Crippen LogP contribution < -0.4 is 0 Å². The van der Waals surface area contributed by atoms with Crippen LogP contribution in [-0.4, -0.2) is 5.11 Å². The van der Waals surface area contributed by atoms with Gasteiger partial charge in [-0.2, -0.15) is 0 Å². The zero-order valence-corrected chi connectivity index (χ0v) is 6.59. The zero-order valence-electron chi connectivity index (χ0n) is 6.59. The Morgan fingerprint density at radius 2 is 2.40 bits per heavy atom. The summed E-state index contributed by atoms with van der Waals surface area (Å²) in [6.07, 6.45) is 7.85. The van der Waals surface area contributed by atoms with Crippen LogP contribution in [0.25, 0.3) is 0 Å². The molecule has 0 spiro atoms. The van der Waals surface area contributed by atoms with Crippen LogP contribution in [-0.2, 0) is 0 Å². The predicted molar refractivity (Wildman–Crippen MR) is 42.9 cm³/mol. The van der Waals surface area contributed by atoms with E-state index in [1.807, 2.05) is 6.08 Å². The van der Waals surface area contributed by atoms with E-state index in [4.69, 9.17) is 5.11 Å². The van der Waals surface area contributed by atoms with Crippen molar-refractivity contribution in [1.29, 1.82) is 0 Å². The smallest absolute Gasteiger partial charge is 0.111 e. The summed E-state index contributed by atoms with van der Waals surface area (Å²) in [5.41, 5.74) is 0.284. The molecule has 56 valence electrons. The van der Waals surface area contributed by atoms with Crippen molar-refractivity contribution >= 4 is 0 Å². The molecule has 0 fully saturated rings. The standard InChI is InChI=1S/C9H14O/c1-3-9(2)6-4-8(10)5-7-9/h4-6,10H,3,7H2,1-2H3. The lowest BCUT2D eigenvalue weighted by atomic mass is 9.81. The lowest BCUT2D eigenvalue weighted by molar-refractivity contribution is 0.374. The van der Waals surface area contributed by atoms with Gasteiger partial charge in [0, 0.05) is 0 Å². The maximum Gasteiger partial charge on any atom is 0.111 e. The van der Waals surface area contributed by atoms with Crippen LogP contribution in [0.2, 0.25) is 0 Å². The average Bonchev–Trinajstić information content (AvgIpc) is 1.96. The first-order valence-corrected chi connectivity index (χ1v) is 3.75. The van der Waals surface area contributed by atoms with Crippen molar-refractivity contribution in [2.45, 2.75) is 26.7 Å². The fourth-order valence-electron chi connectivity index (χ4n) is 1.02. The molecule has 0 amide bonds. The van der Waals surface area contributed by atoms with E-state index in [-0.39, 0.29) is 5.41 Å². The van der Waals surface area contributed by atoms with E-state index in [2.05, 4.69) is 19.9 Å². The second-order valence-electron chi connectivity index (χ2n) is 3.17. The molecule has 0 aromatic heterocycles. The minimum absolute atomic E-state index is 0.284. The molecule has 1 unspecified atom stereocenters. The highest BCUT2D eigenvalue weighted by molar-refractivity contribution is 5.20. The molecular formula is C9H14O. The molecule has 1 nitrogen and oxygen atoms in total. The molecule has 1 aliphatic carbocycles. The summed E-state index contributed by atoms with van der Waals surface area (Å²) in [7, 11) is 0. The Kier molecular flexibility index (Phi) is 1.84. The molecule has 0 bridgehead atoms. The molecule has 0 aromatic rings. The molecule has 0 heterocycles. The largest absolute Gasteiger partial charge is 0.508 e. The van der Waals surface area contributed by atoms with Gasteiger partial charge in [0.25, 0.3) is 0 Å². The van der Waals surface area contributed by atoms with Gasteiger partial charge >= 0.3 is 0 Å². The van der Waals surface area contributed by atoms with Crippen LogP contribution in [0.4, 0.5) is 0 Å². The minimum atomic E-state index is 0.284. The molecule has 0 radical (unpaired) electrons. The third-order valence-electron chi connectivity index (χ3n) is 2.24. The molecule has 0 saturated heterocycles. The lowest BCUT2D eigenvalue weighted by Gasteiger charge is -2.24. The zero-order chi connectivity index (χ0) is 7.61. The van der Waals surface area contributed by atoms with E-state index >= 15 is 0 Å². The normalized spacial score (nSPS) is 32.0. The fraction of sp³-hybridized carbons (Fsp3) is 0.556. The van der Waals surface area contributed by atoms with E-state index < -0.39 is 0 Å². The number of aliphatic hydroxyl groups is 1. The van der Waals surface area contributed by atoms with Gasteiger partial charge in [0.15, 0.2) is 0 Å². The number of allylic oxidation sites excluding steroid dienone is 3. The number of hydrogen-bond donors (Lipinski definition) is 1. The van der Waals surface area contributed by atoms with Crippen molar-refractivity contribution in [2.24, 2.45) is 5.41 Å². The second kappa shape index (κ2) is 2.49. The van der Waals surface area contributed by atoms with Crippen LogP contribution in [0, 0.1) is 5.41 Å². The highest BCUT2D eigenvalue weighted by atomic mass is 16.3. The van der Waals surface area contributed by atoms with E-state index in [0.717, 1.165) is 12.8 Å². The molecule has 10 heavy (non-hydrogen) atoms. The van der Waals surface area contributed by atoms with E-state index in [9.17, 15) is 0 Å². The van der Waals surface area contributed by atoms with Crippen molar-refractivity contribution in [3.8, 4) is 0 Å².